The van der Waals surface area contributed by atoms with Gasteiger partial charge in [0.15, 0.2) is 0 Å². The largest absolute Gasteiger partial charge is 0.299 e. The molecule has 1 nitrogen and oxygen atoms in total. The van der Waals surface area contributed by atoms with E-state index in [0.29, 0.717) is 11.7 Å². The van der Waals surface area contributed by atoms with E-state index in [2.05, 4.69) is 20.4 Å². The topological polar surface area (TPSA) is 17.1 Å². The first-order valence-electron chi connectivity index (χ1n) is 4.25. The van der Waals surface area contributed by atoms with E-state index in [1.54, 1.807) is 0 Å². The third kappa shape index (κ3) is 0.688. The van der Waals surface area contributed by atoms with Gasteiger partial charge in [0.05, 0.1) is 0 Å². The first-order chi connectivity index (χ1) is 5.03. The van der Waals surface area contributed by atoms with Crippen LogP contribution < -0.4 is 0 Å². The molecule has 2 aliphatic carbocycles. The molecule has 0 aromatic rings. The fourth-order valence-corrected chi connectivity index (χ4v) is 2.48. The third-order valence-corrected chi connectivity index (χ3v) is 3.63. The van der Waals surface area contributed by atoms with Crippen LogP contribution in [0.1, 0.15) is 26.7 Å². The monoisotopic (exact) mass is 150 g/mol. The number of fused-ring (bicyclic) bond motifs is 2. The Hall–Kier alpha value is -0.590. The lowest BCUT2D eigenvalue weighted by Crippen LogP contribution is -2.26. The molecule has 0 aliphatic heterocycles. The summed E-state index contributed by atoms with van der Waals surface area (Å²) in [6.45, 7) is 8.45. The van der Waals surface area contributed by atoms with Gasteiger partial charge >= 0.3 is 0 Å². The Kier molecular flexibility index (Phi) is 1.14. The van der Waals surface area contributed by atoms with Gasteiger partial charge in [0, 0.05) is 12.3 Å². The molecule has 0 amide bonds. The van der Waals surface area contributed by atoms with E-state index in [1.807, 2.05) is 0 Å². The highest BCUT2D eigenvalue weighted by Crippen LogP contribution is 2.56. The van der Waals surface area contributed by atoms with Gasteiger partial charge in [-0.05, 0) is 17.8 Å². The Morgan fingerprint density at radius 3 is 2.55 bits per heavy atom. The van der Waals surface area contributed by atoms with Crippen molar-refractivity contribution in [2.45, 2.75) is 26.7 Å². The summed E-state index contributed by atoms with van der Waals surface area (Å²) >= 11 is 0. The normalized spacial score (nSPS) is 40.2. The zero-order chi connectivity index (χ0) is 8.22. The third-order valence-electron chi connectivity index (χ3n) is 3.63. The van der Waals surface area contributed by atoms with E-state index in [0.717, 1.165) is 12.8 Å². The number of hydrogen-bond donors (Lipinski definition) is 0. The van der Waals surface area contributed by atoms with Crippen molar-refractivity contribution in [3.8, 4) is 0 Å². The van der Waals surface area contributed by atoms with Crippen molar-refractivity contribution in [2.75, 3.05) is 0 Å². The molecular formula is C10H14O. The number of carbonyl (C=O) groups is 1. The molecule has 2 atom stereocenters. The molecule has 0 saturated heterocycles. The maximum Gasteiger partial charge on any atom is 0.140 e. The molecule has 60 valence electrons. The van der Waals surface area contributed by atoms with Crippen molar-refractivity contribution in [2.24, 2.45) is 17.3 Å². The van der Waals surface area contributed by atoms with E-state index in [1.165, 1.54) is 5.57 Å². The highest BCUT2D eigenvalue weighted by atomic mass is 16.1. The van der Waals surface area contributed by atoms with Gasteiger partial charge in [0.1, 0.15) is 5.78 Å². The molecule has 2 aliphatic rings. The number of carbonyl (C=O) groups excluding carboxylic acids is 1. The predicted octanol–water partition coefficient (Wildman–Crippen LogP) is 2.18. The smallest absolute Gasteiger partial charge is 0.140 e. The fraction of sp³-hybridized carbons (Fsp3) is 0.700. The van der Waals surface area contributed by atoms with E-state index in [9.17, 15) is 4.79 Å². The van der Waals surface area contributed by atoms with E-state index in [-0.39, 0.29) is 11.3 Å². The average Bonchev–Trinajstić information content (AvgIpc) is 2.36. The van der Waals surface area contributed by atoms with Crippen molar-refractivity contribution in [3.05, 3.63) is 12.2 Å². The second-order valence-electron chi connectivity index (χ2n) is 4.40. The van der Waals surface area contributed by atoms with Gasteiger partial charge in [-0.15, -0.1) is 0 Å². The van der Waals surface area contributed by atoms with Crippen LogP contribution in [0.2, 0.25) is 0 Å². The van der Waals surface area contributed by atoms with Gasteiger partial charge in [0.2, 0.25) is 0 Å². The predicted molar refractivity (Wildman–Crippen MR) is 44.1 cm³/mol. The van der Waals surface area contributed by atoms with Gasteiger partial charge in [-0.2, -0.15) is 0 Å². The number of rotatable bonds is 0. The minimum atomic E-state index is 0.218. The van der Waals surface area contributed by atoms with Crippen LogP contribution in [-0.4, -0.2) is 5.78 Å². The summed E-state index contributed by atoms with van der Waals surface area (Å²) in [5.41, 5.74) is 1.41. The Bertz CT molecular complexity index is 237. The van der Waals surface area contributed by atoms with Crippen LogP contribution in [0.25, 0.3) is 0 Å². The molecule has 0 spiro atoms. The maximum atomic E-state index is 11.3. The molecule has 2 saturated carbocycles. The molecule has 0 aromatic heterocycles. The Morgan fingerprint density at radius 1 is 1.55 bits per heavy atom. The van der Waals surface area contributed by atoms with Gasteiger partial charge in [-0.25, -0.2) is 0 Å². The molecule has 0 radical (unpaired) electrons. The number of allylic oxidation sites excluding steroid dienone is 1. The van der Waals surface area contributed by atoms with Crippen LogP contribution in [-0.2, 0) is 4.79 Å². The zero-order valence-corrected chi connectivity index (χ0v) is 7.18. The van der Waals surface area contributed by atoms with Gasteiger partial charge < -0.3 is 0 Å². The quantitative estimate of drug-likeness (QED) is 0.484. The summed E-state index contributed by atoms with van der Waals surface area (Å²) < 4.78 is 0. The van der Waals surface area contributed by atoms with E-state index in [4.69, 9.17) is 0 Å². The molecule has 2 rings (SSSR count). The van der Waals surface area contributed by atoms with Crippen LogP contribution in [0.5, 0.6) is 0 Å². The number of ketones is 1. The molecule has 2 unspecified atom stereocenters. The molecule has 2 fully saturated rings. The molecular weight excluding hydrogens is 136 g/mol. The highest BCUT2D eigenvalue weighted by molar-refractivity contribution is 5.88. The second-order valence-corrected chi connectivity index (χ2v) is 4.40. The first kappa shape index (κ1) is 7.08. The Morgan fingerprint density at radius 2 is 2.18 bits per heavy atom. The SMILES string of the molecule is C=C1C2CC(CC2=O)C1(C)C. The van der Waals surface area contributed by atoms with Crippen LogP contribution in [0.3, 0.4) is 0 Å². The minimum absolute atomic E-state index is 0.218. The molecule has 0 N–H and O–H groups in total. The summed E-state index contributed by atoms with van der Waals surface area (Å²) in [6, 6.07) is 0. The van der Waals surface area contributed by atoms with Crippen LogP contribution >= 0.6 is 0 Å². The van der Waals surface area contributed by atoms with Gasteiger partial charge in [-0.3, -0.25) is 4.79 Å². The van der Waals surface area contributed by atoms with Crippen molar-refractivity contribution >= 4 is 5.78 Å². The van der Waals surface area contributed by atoms with Gasteiger partial charge in [0.25, 0.3) is 0 Å². The molecule has 0 heterocycles. The van der Waals surface area contributed by atoms with Crippen molar-refractivity contribution in [3.63, 3.8) is 0 Å². The van der Waals surface area contributed by atoms with E-state index < -0.39 is 0 Å². The summed E-state index contributed by atoms with van der Waals surface area (Å²) in [6.07, 6.45) is 1.88. The first-order valence-corrected chi connectivity index (χ1v) is 4.25. The summed E-state index contributed by atoms with van der Waals surface area (Å²) in [5.74, 6) is 1.24. The van der Waals surface area contributed by atoms with Crippen LogP contribution in [0, 0.1) is 17.3 Å². The highest BCUT2D eigenvalue weighted by Gasteiger charge is 2.52. The lowest BCUT2D eigenvalue weighted by atomic mass is 9.73. The van der Waals surface area contributed by atoms with Crippen LogP contribution in [0.4, 0.5) is 0 Å². The van der Waals surface area contributed by atoms with Gasteiger partial charge in [-0.1, -0.05) is 26.0 Å². The van der Waals surface area contributed by atoms with Crippen molar-refractivity contribution < 1.29 is 4.79 Å². The minimum Gasteiger partial charge on any atom is -0.299 e. The summed E-state index contributed by atoms with van der Waals surface area (Å²) in [5, 5.41) is 0. The Labute approximate surface area is 67.5 Å². The van der Waals surface area contributed by atoms with Crippen molar-refractivity contribution in [1.29, 1.82) is 0 Å². The van der Waals surface area contributed by atoms with E-state index >= 15 is 0 Å². The average molecular weight is 150 g/mol. The second kappa shape index (κ2) is 1.77. The number of hydrogen-bond acceptors (Lipinski definition) is 1. The lowest BCUT2D eigenvalue weighted by Gasteiger charge is -2.31. The molecule has 0 aromatic carbocycles. The van der Waals surface area contributed by atoms with Crippen molar-refractivity contribution in [1.82, 2.24) is 0 Å². The molecule has 2 bridgehead atoms. The lowest BCUT2D eigenvalue weighted by molar-refractivity contribution is -0.121. The number of Topliss-reactive ketones (excluding diaryl/α,β-unsaturated/α-hetero) is 1. The Balaban J connectivity index is 2.39. The zero-order valence-electron chi connectivity index (χ0n) is 7.18. The summed E-state index contributed by atoms with van der Waals surface area (Å²) in [7, 11) is 0. The fourth-order valence-electron chi connectivity index (χ4n) is 2.48. The maximum absolute atomic E-state index is 11.3. The standard InChI is InChI=1S/C10H14O/c1-6-8-4-7(5-9(8)11)10(6,2)3/h7-8H,1,4-5H2,2-3H3. The molecule has 1 heteroatoms. The van der Waals surface area contributed by atoms with Crippen LogP contribution in [0.15, 0.2) is 12.2 Å². The summed E-state index contributed by atoms with van der Waals surface area (Å²) in [4.78, 5) is 11.3. The molecule has 11 heavy (non-hydrogen) atoms.